The van der Waals surface area contributed by atoms with Gasteiger partial charge < -0.3 is 14.2 Å². The van der Waals surface area contributed by atoms with E-state index in [9.17, 15) is 14.0 Å². The van der Waals surface area contributed by atoms with Crippen molar-refractivity contribution in [2.75, 3.05) is 19.7 Å². The molecule has 3 rings (SSSR count). The first-order chi connectivity index (χ1) is 12.6. The van der Waals surface area contributed by atoms with Gasteiger partial charge in [-0.1, -0.05) is 17.3 Å². The third kappa shape index (κ3) is 4.07. The van der Waals surface area contributed by atoms with Gasteiger partial charge in [-0.15, -0.1) is 0 Å². The minimum absolute atomic E-state index is 0.0936. The molecule has 1 atom stereocenters. The first kappa shape index (κ1) is 18.0. The fourth-order valence-electron chi connectivity index (χ4n) is 3.07. The number of benzene rings is 1. The lowest BCUT2D eigenvalue weighted by Gasteiger charge is -2.31. The van der Waals surface area contributed by atoms with Gasteiger partial charge in [0.25, 0.3) is 0 Å². The molecule has 1 aliphatic heterocycles. The fraction of sp³-hybridized carbons (Fsp3) is 0.444. The number of aromatic nitrogens is 2. The van der Waals surface area contributed by atoms with Crippen LogP contribution in [0.2, 0.25) is 0 Å². The van der Waals surface area contributed by atoms with E-state index < -0.39 is 17.7 Å². The van der Waals surface area contributed by atoms with Gasteiger partial charge in [-0.3, -0.25) is 4.79 Å². The number of carbonyl (C=O) groups is 2. The average Bonchev–Trinajstić information content (AvgIpc) is 3.10. The number of piperidine rings is 1. The van der Waals surface area contributed by atoms with Crippen LogP contribution in [0.3, 0.4) is 0 Å². The van der Waals surface area contributed by atoms with Gasteiger partial charge in [0, 0.05) is 19.5 Å². The first-order valence-electron chi connectivity index (χ1n) is 8.62. The standard InChI is InChI=1S/C18H20FN3O4/c1-2-25-18(24)17(23)22-9-5-6-12(11-22)10-15-20-16(21-26-15)13-7-3-4-8-14(13)19/h3-4,7-8,12H,2,5-6,9-11H2,1H3. The molecule has 1 fully saturated rings. The van der Waals surface area contributed by atoms with Crippen molar-refractivity contribution in [2.45, 2.75) is 26.2 Å². The predicted octanol–water partition coefficient (Wildman–Crippen LogP) is 2.22. The zero-order valence-corrected chi connectivity index (χ0v) is 14.5. The van der Waals surface area contributed by atoms with Crippen LogP contribution in [0.1, 0.15) is 25.7 Å². The molecule has 0 spiro atoms. The van der Waals surface area contributed by atoms with Crippen LogP contribution in [0, 0.1) is 11.7 Å². The number of amides is 1. The first-order valence-corrected chi connectivity index (χ1v) is 8.62. The third-order valence-corrected chi connectivity index (χ3v) is 4.30. The molecule has 0 N–H and O–H groups in total. The third-order valence-electron chi connectivity index (χ3n) is 4.30. The molecule has 7 nitrogen and oxygen atoms in total. The maximum Gasteiger partial charge on any atom is 0.397 e. The predicted molar refractivity (Wildman–Crippen MR) is 89.3 cm³/mol. The smallest absolute Gasteiger partial charge is 0.397 e. The van der Waals surface area contributed by atoms with Gasteiger partial charge in [-0.2, -0.15) is 4.98 Å². The highest BCUT2D eigenvalue weighted by atomic mass is 19.1. The Balaban J connectivity index is 1.63. The Hall–Kier alpha value is -2.77. The van der Waals surface area contributed by atoms with Crippen LogP contribution in [0.4, 0.5) is 4.39 Å². The molecule has 0 aliphatic carbocycles. The Morgan fingerprint density at radius 3 is 2.96 bits per heavy atom. The van der Waals surface area contributed by atoms with E-state index in [4.69, 9.17) is 9.26 Å². The van der Waals surface area contributed by atoms with Crippen LogP contribution in [0.5, 0.6) is 0 Å². The van der Waals surface area contributed by atoms with Crippen molar-refractivity contribution >= 4 is 11.9 Å². The van der Waals surface area contributed by atoms with Crippen LogP contribution in [0.25, 0.3) is 11.4 Å². The number of ether oxygens (including phenoxy) is 1. The number of carbonyl (C=O) groups excluding carboxylic acids is 2. The monoisotopic (exact) mass is 361 g/mol. The Kier molecular flexibility index (Phi) is 5.60. The molecule has 1 saturated heterocycles. The van der Waals surface area contributed by atoms with Crippen LogP contribution in [-0.2, 0) is 20.7 Å². The highest BCUT2D eigenvalue weighted by molar-refractivity contribution is 6.32. The van der Waals surface area contributed by atoms with Gasteiger partial charge in [0.2, 0.25) is 11.7 Å². The number of nitrogens with zero attached hydrogens (tertiary/aromatic N) is 3. The van der Waals surface area contributed by atoms with Crippen LogP contribution in [-0.4, -0.2) is 46.6 Å². The second kappa shape index (κ2) is 8.07. The summed E-state index contributed by atoms with van der Waals surface area (Å²) in [7, 11) is 0. The largest absolute Gasteiger partial charge is 0.459 e. The summed E-state index contributed by atoms with van der Waals surface area (Å²) in [5, 5.41) is 3.84. The molecular formula is C18H20FN3O4. The van der Waals surface area contributed by atoms with E-state index in [-0.39, 0.29) is 23.9 Å². The summed E-state index contributed by atoms with van der Waals surface area (Å²) >= 11 is 0. The number of likely N-dealkylation sites (tertiary alicyclic amines) is 1. The van der Waals surface area contributed by atoms with Crippen molar-refractivity contribution in [3.8, 4) is 11.4 Å². The van der Waals surface area contributed by atoms with Crippen molar-refractivity contribution in [1.82, 2.24) is 15.0 Å². The van der Waals surface area contributed by atoms with Crippen molar-refractivity contribution < 1.29 is 23.2 Å². The highest BCUT2D eigenvalue weighted by Crippen LogP contribution is 2.23. The highest BCUT2D eigenvalue weighted by Gasteiger charge is 2.29. The van der Waals surface area contributed by atoms with Gasteiger partial charge in [-0.05, 0) is 37.8 Å². The van der Waals surface area contributed by atoms with E-state index in [1.165, 1.54) is 11.0 Å². The molecule has 0 saturated carbocycles. The lowest BCUT2D eigenvalue weighted by Crippen LogP contribution is -2.44. The van der Waals surface area contributed by atoms with Gasteiger partial charge in [0.05, 0.1) is 12.2 Å². The number of rotatable bonds is 4. The van der Waals surface area contributed by atoms with E-state index in [1.807, 2.05) is 0 Å². The zero-order chi connectivity index (χ0) is 18.5. The van der Waals surface area contributed by atoms with Crippen LogP contribution >= 0.6 is 0 Å². The Morgan fingerprint density at radius 1 is 1.38 bits per heavy atom. The molecule has 1 aromatic heterocycles. The summed E-state index contributed by atoms with van der Waals surface area (Å²) in [5.74, 6) is -1.17. The lowest BCUT2D eigenvalue weighted by atomic mass is 9.94. The van der Waals surface area contributed by atoms with E-state index in [0.717, 1.165) is 12.8 Å². The zero-order valence-electron chi connectivity index (χ0n) is 14.5. The molecule has 0 bridgehead atoms. The second-order valence-corrected chi connectivity index (χ2v) is 6.18. The van der Waals surface area contributed by atoms with Crippen molar-refractivity contribution in [3.05, 3.63) is 36.0 Å². The van der Waals surface area contributed by atoms with Gasteiger partial charge in [0.1, 0.15) is 5.82 Å². The quantitative estimate of drug-likeness (QED) is 0.613. The molecular weight excluding hydrogens is 341 g/mol. The minimum Gasteiger partial charge on any atom is -0.459 e. The number of halogens is 1. The molecule has 2 aromatic rings. The summed E-state index contributed by atoms with van der Waals surface area (Å²) in [6.07, 6.45) is 2.13. The van der Waals surface area contributed by atoms with E-state index in [2.05, 4.69) is 10.1 Å². The summed E-state index contributed by atoms with van der Waals surface area (Å²) in [5.41, 5.74) is 0.283. The summed E-state index contributed by atoms with van der Waals surface area (Å²) in [6.45, 7) is 2.78. The normalized spacial score (nSPS) is 17.2. The van der Waals surface area contributed by atoms with E-state index >= 15 is 0 Å². The molecule has 1 aromatic carbocycles. The van der Waals surface area contributed by atoms with Crippen molar-refractivity contribution in [3.63, 3.8) is 0 Å². The van der Waals surface area contributed by atoms with E-state index in [0.29, 0.717) is 25.4 Å². The summed E-state index contributed by atoms with van der Waals surface area (Å²) < 4.78 is 23.8. The maximum absolute atomic E-state index is 13.8. The summed E-state index contributed by atoms with van der Waals surface area (Å²) in [4.78, 5) is 29.4. The maximum atomic E-state index is 13.8. The molecule has 26 heavy (non-hydrogen) atoms. The molecule has 0 radical (unpaired) electrons. The van der Waals surface area contributed by atoms with Crippen LogP contribution < -0.4 is 0 Å². The summed E-state index contributed by atoms with van der Waals surface area (Å²) in [6, 6.07) is 6.22. The van der Waals surface area contributed by atoms with Gasteiger partial charge in [0.15, 0.2) is 0 Å². The lowest BCUT2D eigenvalue weighted by molar-refractivity contribution is -0.160. The number of hydrogen-bond acceptors (Lipinski definition) is 6. The molecule has 1 amide bonds. The Labute approximate surface area is 150 Å². The Bertz CT molecular complexity index is 792. The van der Waals surface area contributed by atoms with Crippen LogP contribution in [0.15, 0.2) is 28.8 Å². The molecule has 1 unspecified atom stereocenters. The van der Waals surface area contributed by atoms with Crippen molar-refractivity contribution in [2.24, 2.45) is 5.92 Å². The molecule has 138 valence electrons. The van der Waals surface area contributed by atoms with Gasteiger partial charge in [-0.25, -0.2) is 9.18 Å². The second-order valence-electron chi connectivity index (χ2n) is 6.18. The minimum atomic E-state index is -0.826. The average molecular weight is 361 g/mol. The molecule has 1 aliphatic rings. The van der Waals surface area contributed by atoms with E-state index in [1.54, 1.807) is 25.1 Å². The molecule has 2 heterocycles. The Morgan fingerprint density at radius 2 is 2.19 bits per heavy atom. The SMILES string of the molecule is CCOC(=O)C(=O)N1CCCC(Cc2nc(-c3ccccc3F)no2)C1. The van der Waals surface area contributed by atoms with Gasteiger partial charge >= 0.3 is 11.9 Å². The number of esters is 1. The van der Waals surface area contributed by atoms with Crippen molar-refractivity contribution in [1.29, 1.82) is 0 Å². The number of hydrogen-bond donors (Lipinski definition) is 0. The molecule has 8 heteroatoms. The fourth-order valence-corrected chi connectivity index (χ4v) is 3.07. The topological polar surface area (TPSA) is 85.5 Å².